The lowest BCUT2D eigenvalue weighted by atomic mass is 10.0. The maximum absolute atomic E-state index is 3.49. The maximum Gasteiger partial charge on any atom is 0.104 e. The quantitative estimate of drug-likeness (QED) is 0.0677. The highest BCUT2D eigenvalue weighted by Gasteiger charge is 2.14. The maximum atomic E-state index is 3.49. The normalized spacial score (nSPS) is 12.0. The molecule has 0 aromatic heterocycles. The summed E-state index contributed by atoms with van der Waals surface area (Å²) in [6.45, 7) is 4.38. The van der Waals surface area contributed by atoms with Crippen LogP contribution in [0.4, 0.5) is 0 Å². The second-order valence-corrected chi connectivity index (χ2v) is 14.7. The van der Waals surface area contributed by atoms with Crippen LogP contribution in [0.3, 0.4) is 0 Å². The Balaban J connectivity index is 2.06. The molecule has 1 aromatic carbocycles. The summed E-state index contributed by atoms with van der Waals surface area (Å²) in [4.78, 5) is 0. The lowest BCUT2D eigenvalue weighted by Crippen LogP contribution is -2.34. The first-order chi connectivity index (χ1) is 19.1. The van der Waals surface area contributed by atoms with Gasteiger partial charge >= 0.3 is 0 Å². The average Bonchev–Trinajstić information content (AvgIpc) is 2.85. The van der Waals surface area contributed by atoms with Gasteiger partial charge < -0.3 is 8.97 Å². The average molecular weight is 555 g/mol. The van der Waals surface area contributed by atoms with Crippen LogP contribution < -0.4 is 0 Å². The molecule has 0 amide bonds. The van der Waals surface area contributed by atoms with Gasteiger partial charge in [-0.05, 0) is 24.6 Å². The van der Waals surface area contributed by atoms with Crippen LogP contribution in [0.25, 0.3) is 0 Å². The van der Waals surface area contributed by atoms with E-state index in [0.29, 0.717) is 0 Å². The predicted octanol–water partition coefficient (Wildman–Crippen LogP) is 10.7. The monoisotopic (exact) mass is 555 g/mol. The highest BCUT2D eigenvalue weighted by atomic mass is 15.3. The zero-order valence-corrected chi connectivity index (χ0v) is 28.4. The molecule has 1 rings (SSSR count). The smallest absolute Gasteiger partial charge is 0.104 e. The van der Waals surface area contributed by atoms with E-state index in [1.165, 1.54) is 145 Å². The standard InChI is InChI=1S/C38H70N2/c1-8-9-10-11-12-13-14-15-16-17-18-19-20-21-22-23-24-25-26-27-28-29-30-36-31-37(34-39(2,3)4)33-38(32-36)35-40(5,6)7/h31-33H,8-28,34-35H2,1-7H3/q+2. The molecule has 0 N–H and O–H groups in total. The zero-order chi connectivity index (χ0) is 29.5. The number of nitrogens with zero attached hydrogens (tertiary/aromatic N) is 2. The molecule has 0 saturated carbocycles. The van der Waals surface area contributed by atoms with E-state index in [-0.39, 0.29) is 0 Å². The Morgan fingerprint density at radius 1 is 0.450 bits per heavy atom. The second-order valence-electron chi connectivity index (χ2n) is 14.7. The van der Waals surface area contributed by atoms with Gasteiger partial charge in [-0.15, -0.1) is 0 Å². The molecule has 1 aromatic rings. The number of hydrogen-bond donors (Lipinski definition) is 0. The van der Waals surface area contributed by atoms with Crippen LogP contribution >= 0.6 is 0 Å². The third-order valence-corrected chi connectivity index (χ3v) is 7.75. The molecule has 0 radical (unpaired) electrons. The number of rotatable bonds is 24. The minimum Gasteiger partial charge on any atom is -0.327 e. The van der Waals surface area contributed by atoms with Gasteiger partial charge in [-0.2, -0.15) is 0 Å². The van der Waals surface area contributed by atoms with Crippen LogP contribution in [0.15, 0.2) is 18.2 Å². The molecule has 0 spiro atoms. The second kappa shape index (κ2) is 22.3. The largest absolute Gasteiger partial charge is 0.327 e. The Morgan fingerprint density at radius 2 is 0.775 bits per heavy atom. The van der Waals surface area contributed by atoms with Crippen LogP contribution in [-0.4, -0.2) is 51.3 Å². The Morgan fingerprint density at radius 3 is 1.10 bits per heavy atom. The summed E-state index contributed by atoms with van der Waals surface area (Å²) in [5, 5.41) is 0. The SMILES string of the molecule is CCCCCCCCCCCCCCCCCCCCCCC#Cc1cc(C[N+](C)(C)C)cc(C[N+](C)(C)C)c1. The van der Waals surface area contributed by atoms with E-state index < -0.39 is 0 Å². The molecule has 0 fully saturated rings. The van der Waals surface area contributed by atoms with Gasteiger partial charge in [0.25, 0.3) is 0 Å². The van der Waals surface area contributed by atoms with Crippen molar-refractivity contribution >= 4 is 0 Å². The first-order valence-electron chi connectivity index (χ1n) is 17.3. The third-order valence-electron chi connectivity index (χ3n) is 7.75. The summed E-state index contributed by atoms with van der Waals surface area (Å²) in [6.07, 6.45) is 29.7. The molecule has 2 heteroatoms. The van der Waals surface area contributed by atoms with Crippen LogP contribution in [0.5, 0.6) is 0 Å². The Labute approximate surface area is 252 Å². The van der Waals surface area contributed by atoms with Crippen molar-refractivity contribution in [1.82, 2.24) is 0 Å². The molecule has 0 unspecified atom stereocenters. The van der Waals surface area contributed by atoms with E-state index in [2.05, 4.69) is 79.2 Å². The van der Waals surface area contributed by atoms with Gasteiger partial charge in [-0.25, -0.2) is 0 Å². The predicted molar refractivity (Wildman–Crippen MR) is 179 cm³/mol. The minimum absolute atomic E-state index is 0.945. The van der Waals surface area contributed by atoms with Crippen molar-refractivity contribution < 1.29 is 8.97 Å². The lowest BCUT2D eigenvalue weighted by Gasteiger charge is -2.26. The van der Waals surface area contributed by atoms with Crippen molar-refractivity contribution in [3.05, 3.63) is 34.9 Å². The van der Waals surface area contributed by atoms with Gasteiger partial charge in [-0.3, -0.25) is 0 Å². The first kappa shape index (κ1) is 36.7. The molecular weight excluding hydrogens is 484 g/mol. The molecule has 0 aliphatic rings. The lowest BCUT2D eigenvalue weighted by molar-refractivity contribution is -0.884. The summed E-state index contributed by atoms with van der Waals surface area (Å²) in [6, 6.07) is 7.01. The van der Waals surface area contributed by atoms with E-state index in [0.717, 1.165) is 28.5 Å². The van der Waals surface area contributed by atoms with Gasteiger partial charge in [-0.1, -0.05) is 141 Å². The molecule has 0 saturated heterocycles. The molecule has 0 atom stereocenters. The van der Waals surface area contributed by atoms with E-state index >= 15 is 0 Å². The van der Waals surface area contributed by atoms with Crippen LogP contribution in [0.1, 0.15) is 158 Å². The molecule has 230 valence electrons. The summed E-state index contributed by atoms with van der Waals surface area (Å²) < 4.78 is 1.89. The topological polar surface area (TPSA) is 0 Å². The van der Waals surface area contributed by atoms with Crippen LogP contribution in [0, 0.1) is 11.8 Å². The van der Waals surface area contributed by atoms with Gasteiger partial charge in [0.1, 0.15) is 13.1 Å². The van der Waals surface area contributed by atoms with E-state index in [9.17, 15) is 0 Å². The van der Waals surface area contributed by atoms with Gasteiger partial charge in [0, 0.05) is 23.1 Å². The fraction of sp³-hybridized carbons (Fsp3) is 0.789. The van der Waals surface area contributed by atoms with Crippen molar-refractivity contribution in [2.24, 2.45) is 0 Å². The van der Waals surface area contributed by atoms with Crippen molar-refractivity contribution in [3.8, 4) is 11.8 Å². The number of hydrogen-bond acceptors (Lipinski definition) is 0. The zero-order valence-electron chi connectivity index (χ0n) is 28.4. The van der Waals surface area contributed by atoms with Crippen molar-refractivity contribution in [2.75, 3.05) is 42.3 Å². The fourth-order valence-corrected chi connectivity index (χ4v) is 5.75. The Kier molecular flexibility index (Phi) is 20.5. The van der Waals surface area contributed by atoms with Crippen molar-refractivity contribution in [2.45, 2.75) is 155 Å². The van der Waals surface area contributed by atoms with E-state index in [4.69, 9.17) is 0 Å². The van der Waals surface area contributed by atoms with E-state index in [1.807, 2.05) is 0 Å². The highest BCUT2D eigenvalue weighted by Crippen LogP contribution is 2.17. The van der Waals surface area contributed by atoms with Crippen LogP contribution in [0.2, 0.25) is 0 Å². The summed E-state index contributed by atoms with van der Waals surface area (Å²) in [7, 11) is 13.6. The van der Waals surface area contributed by atoms with Crippen molar-refractivity contribution in [1.29, 1.82) is 0 Å². The molecule has 0 aliphatic heterocycles. The summed E-state index contributed by atoms with van der Waals surface area (Å²) in [5.41, 5.74) is 4.01. The molecule has 40 heavy (non-hydrogen) atoms. The van der Waals surface area contributed by atoms with Crippen molar-refractivity contribution in [3.63, 3.8) is 0 Å². The van der Waals surface area contributed by atoms with Gasteiger partial charge in [0.05, 0.1) is 42.3 Å². The van der Waals surface area contributed by atoms with Gasteiger partial charge in [0.2, 0.25) is 0 Å². The molecule has 0 heterocycles. The highest BCUT2D eigenvalue weighted by molar-refractivity contribution is 5.40. The first-order valence-corrected chi connectivity index (χ1v) is 17.3. The fourth-order valence-electron chi connectivity index (χ4n) is 5.75. The summed E-state index contributed by atoms with van der Waals surface area (Å²) in [5.74, 6) is 6.97. The Bertz CT molecular complexity index is 765. The molecule has 0 aliphatic carbocycles. The molecule has 2 nitrogen and oxygen atoms in total. The Hall–Kier alpha value is -1.30. The van der Waals surface area contributed by atoms with Gasteiger partial charge in [0.15, 0.2) is 0 Å². The van der Waals surface area contributed by atoms with Crippen LogP contribution in [-0.2, 0) is 13.1 Å². The number of quaternary nitrogens is 2. The minimum atomic E-state index is 0.945. The summed E-state index contributed by atoms with van der Waals surface area (Å²) >= 11 is 0. The van der Waals surface area contributed by atoms with E-state index in [1.54, 1.807) is 0 Å². The molecular formula is C38H70N2+2. The number of benzene rings is 1. The molecule has 0 bridgehead atoms. The number of unbranched alkanes of at least 4 members (excludes halogenated alkanes) is 20. The third kappa shape index (κ3) is 23.4.